The van der Waals surface area contributed by atoms with Gasteiger partial charge in [-0.05, 0) is 29.5 Å². The number of H-pyrrole nitrogens is 1. The monoisotopic (exact) mass is 549 g/mol. The van der Waals surface area contributed by atoms with Crippen molar-refractivity contribution in [3.8, 4) is 17.4 Å². The van der Waals surface area contributed by atoms with Gasteiger partial charge in [0.15, 0.2) is 17.1 Å². The predicted molar refractivity (Wildman–Crippen MR) is 147 cm³/mol. The standard InChI is InChI=1S/C27H31N7O6/c1-16(2)19-11-21(38-3)22(12-20(19)34(36)37)39-10-4-5-23(35)29-13-17-6-8-18(9-7-17)14-40-26-24-25(31-15-30-24)32-27(28)33-26/h6-9,11-12,15-16H,4-5,10,13-14H2,1-3H3,(H,29,35)(H3,28,30,31,32,33). The fourth-order valence-electron chi connectivity index (χ4n) is 3.99. The SMILES string of the molecule is COc1cc(C(C)C)c([N+](=O)[O-])cc1OCCCC(=O)NCc1ccc(COc2nc(N)nc3nc[nH]c23)cc1. The van der Waals surface area contributed by atoms with Gasteiger partial charge in [-0.2, -0.15) is 9.97 Å². The molecule has 4 rings (SSSR count). The predicted octanol–water partition coefficient (Wildman–Crippen LogP) is 4.03. The maximum Gasteiger partial charge on any atom is 0.276 e. The molecule has 0 aliphatic carbocycles. The third-order valence-electron chi connectivity index (χ3n) is 6.10. The highest BCUT2D eigenvalue weighted by molar-refractivity contribution is 5.76. The van der Waals surface area contributed by atoms with Crippen molar-refractivity contribution < 1.29 is 23.9 Å². The van der Waals surface area contributed by atoms with E-state index in [1.165, 1.54) is 19.5 Å². The lowest BCUT2D eigenvalue weighted by atomic mass is 10.0. The van der Waals surface area contributed by atoms with Crippen molar-refractivity contribution in [1.29, 1.82) is 0 Å². The van der Waals surface area contributed by atoms with E-state index in [-0.39, 0.29) is 48.8 Å². The Bertz CT molecular complexity index is 1490. The van der Waals surface area contributed by atoms with Crippen LogP contribution in [0.5, 0.6) is 17.4 Å². The molecule has 0 aliphatic rings. The lowest BCUT2D eigenvalue weighted by molar-refractivity contribution is -0.385. The van der Waals surface area contributed by atoms with Crippen LogP contribution in [0.3, 0.4) is 0 Å². The van der Waals surface area contributed by atoms with E-state index in [0.29, 0.717) is 41.3 Å². The number of nitrogens with one attached hydrogen (secondary N) is 2. The van der Waals surface area contributed by atoms with Gasteiger partial charge in [0, 0.05) is 18.5 Å². The number of nitro groups is 1. The second-order valence-corrected chi connectivity index (χ2v) is 9.30. The third kappa shape index (κ3) is 6.92. The average molecular weight is 550 g/mol. The molecular weight excluding hydrogens is 518 g/mol. The van der Waals surface area contributed by atoms with Gasteiger partial charge in [-0.1, -0.05) is 38.1 Å². The average Bonchev–Trinajstić information content (AvgIpc) is 3.41. The van der Waals surface area contributed by atoms with Gasteiger partial charge in [0.25, 0.3) is 5.69 Å². The number of aromatic amines is 1. The Balaban J connectivity index is 1.22. The summed E-state index contributed by atoms with van der Waals surface area (Å²) in [7, 11) is 1.48. The largest absolute Gasteiger partial charge is 0.493 e. The molecule has 40 heavy (non-hydrogen) atoms. The molecule has 0 fully saturated rings. The lowest BCUT2D eigenvalue weighted by Crippen LogP contribution is -2.23. The van der Waals surface area contributed by atoms with Crippen LogP contribution < -0.4 is 25.3 Å². The van der Waals surface area contributed by atoms with Gasteiger partial charge in [-0.15, -0.1) is 0 Å². The van der Waals surface area contributed by atoms with Crippen LogP contribution in [-0.4, -0.2) is 44.5 Å². The van der Waals surface area contributed by atoms with Crippen LogP contribution in [0.25, 0.3) is 11.2 Å². The van der Waals surface area contributed by atoms with Crippen molar-refractivity contribution >= 4 is 28.7 Å². The van der Waals surface area contributed by atoms with E-state index in [0.717, 1.165) is 11.1 Å². The van der Waals surface area contributed by atoms with Crippen LogP contribution in [0.15, 0.2) is 42.7 Å². The van der Waals surface area contributed by atoms with E-state index in [1.807, 2.05) is 38.1 Å². The second kappa shape index (κ2) is 12.7. The molecule has 2 aromatic heterocycles. The molecule has 0 bridgehead atoms. The quantitative estimate of drug-likeness (QED) is 0.125. The molecule has 13 nitrogen and oxygen atoms in total. The minimum Gasteiger partial charge on any atom is -0.493 e. The number of fused-ring (bicyclic) bond motifs is 1. The number of anilines is 1. The van der Waals surface area contributed by atoms with Crippen LogP contribution in [0, 0.1) is 10.1 Å². The highest BCUT2D eigenvalue weighted by atomic mass is 16.6. The summed E-state index contributed by atoms with van der Waals surface area (Å²) < 4.78 is 16.9. The van der Waals surface area contributed by atoms with Crippen molar-refractivity contribution in [3.05, 3.63) is 69.5 Å². The van der Waals surface area contributed by atoms with Gasteiger partial charge >= 0.3 is 0 Å². The fourth-order valence-corrected chi connectivity index (χ4v) is 3.99. The van der Waals surface area contributed by atoms with E-state index in [4.69, 9.17) is 19.9 Å². The van der Waals surface area contributed by atoms with Gasteiger partial charge in [0.05, 0.1) is 31.0 Å². The summed E-state index contributed by atoms with van der Waals surface area (Å²) in [6.45, 7) is 4.60. The number of nitro benzene ring substituents is 1. The number of ether oxygens (including phenoxy) is 3. The number of carbonyl (C=O) groups is 1. The molecule has 0 saturated heterocycles. The van der Waals surface area contributed by atoms with Gasteiger partial charge < -0.3 is 30.2 Å². The summed E-state index contributed by atoms with van der Waals surface area (Å²) in [5, 5.41) is 14.4. The number of nitrogen functional groups attached to an aromatic ring is 1. The molecule has 0 atom stereocenters. The molecule has 0 spiro atoms. The van der Waals surface area contributed by atoms with Gasteiger partial charge in [-0.25, -0.2) is 4.98 Å². The molecule has 0 aliphatic heterocycles. The van der Waals surface area contributed by atoms with Gasteiger partial charge in [-0.3, -0.25) is 14.9 Å². The van der Waals surface area contributed by atoms with Gasteiger partial charge in [0.2, 0.25) is 17.7 Å². The molecule has 13 heteroatoms. The molecule has 0 unspecified atom stereocenters. The van der Waals surface area contributed by atoms with E-state index >= 15 is 0 Å². The van der Waals surface area contributed by atoms with Crippen LogP contribution in [0.2, 0.25) is 0 Å². The summed E-state index contributed by atoms with van der Waals surface area (Å²) in [5.41, 5.74) is 9.11. The van der Waals surface area contributed by atoms with Crippen LogP contribution in [0.1, 0.15) is 49.3 Å². The number of aromatic nitrogens is 4. The van der Waals surface area contributed by atoms with E-state index in [9.17, 15) is 14.9 Å². The van der Waals surface area contributed by atoms with Crippen LogP contribution in [0.4, 0.5) is 11.6 Å². The smallest absolute Gasteiger partial charge is 0.276 e. The maximum absolute atomic E-state index is 12.3. The fraction of sp³-hybridized carbons (Fsp3) is 0.333. The Morgan fingerprint density at radius 3 is 2.58 bits per heavy atom. The van der Waals surface area contributed by atoms with E-state index in [1.54, 1.807) is 6.07 Å². The number of imidazole rings is 1. The van der Waals surface area contributed by atoms with Gasteiger partial charge in [0.1, 0.15) is 12.1 Å². The molecule has 2 aromatic carbocycles. The number of nitrogens with two attached hydrogens (primary N) is 1. The summed E-state index contributed by atoms with van der Waals surface area (Å²) >= 11 is 0. The van der Waals surface area contributed by atoms with E-state index in [2.05, 4.69) is 25.3 Å². The molecule has 0 saturated carbocycles. The minimum absolute atomic E-state index is 0.0185. The van der Waals surface area contributed by atoms with Crippen molar-refractivity contribution in [2.24, 2.45) is 0 Å². The topological polar surface area (TPSA) is 180 Å². The number of hydrogen-bond acceptors (Lipinski definition) is 10. The molecule has 2 heterocycles. The summed E-state index contributed by atoms with van der Waals surface area (Å²) in [6.07, 6.45) is 2.17. The second-order valence-electron chi connectivity index (χ2n) is 9.30. The zero-order valence-corrected chi connectivity index (χ0v) is 22.5. The Hall–Kier alpha value is -4.94. The lowest BCUT2D eigenvalue weighted by Gasteiger charge is -2.14. The summed E-state index contributed by atoms with van der Waals surface area (Å²) in [4.78, 5) is 38.5. The molecule has 4 aromatic rings. The van der Waals surface area contributed by atoms with Crippen molar-refractivity contribution in [1.82, 2.24) is 25.3 Å². The van der Waals surface area contributed by atoms with Crippen molar-refractivity contribution in [2.75, 3.05) is 19.5 Å². The number of amides is 1. The number of rotatable bonds is 13. The maximum atomic E-state index is 12.3. The molecule has 210 valence electrons. The highest BCUT2D eigenvalue weighted by Crippen LogP contribution is 2.38. The van der Waals surface area contributed by atoms with Crippen molar-refractivity contribution in [2.45, 2.75) is 45.8 Å². The summed E-state index contributed by atoms with van der Waals surface area (Å²) in [6, 6.07) is 10.6. The Labute approximate surface area is 230 Å². The highest BCUT2D eigenvalue weighted by Gasteiger charge is 2.21. The first kappa shape index (κ1) is 28.1. The first-order valence-electron chi connectivity index (χ1n) is 12.7. The summed E-state index contributed by atoms with van der Waals surface area (Å²) in [5.74, 6) is 0.924. The first-order valence-corrected chi connectivity index (χ1v) is 12.7. The number of carbonyl (C=O) groups excluding carboxylic acids is 1. The van der Waals surface area contributed by atoms with E-state index < -0.39 is 4.92 Å². The number of hydrogen-bond donors (Lipinski definition) is 3. The zero-order valence-electron chi connectivity index (χ0n) is 22.5. The Kier molecular flexibility index (Phi) is 8.94. The zero-order chi connectivity index (χ0) is 28.6. The number of nitrogens with zero attached hydrogens (tertiary/aromatic N) is 4. The Morgan fingerprint density at radius 2 is 1.88 bits per heavy atom. The molecule has 1 amide bonds. The minimum atomic E-state index is -0.429. The third-order valence-corrected chi connectivity index (χ3v) is 6.10. The molecule has 0 radical (unpaired) electrons. The van der Waals surface area contributed by atoms with Crippen LogP contribution in [-0.2, 0) is 17.9 Å². The Morgan fingerprint density at radius 1 is 1.12 bits per heavy atom. The molecular formula is C27H31N7O6. The van der Waals surface area contributed by atoms with Crippen LogP contribution >= 0.6 is 0 Å². The molecule has 4 N–H and O–H groups in total. The normalized spacial score (nSPS) is 11.0. The number of benzene rings is 2. The van der Waals surface area contributed by atoms with Crippen molar-refractivity contribution in [3.63, 3.8) is 0 Å². The first-order chi connectivity index (χ1) is 19.2. The number of methoxy groups -OCH3 is 1.